The van der Waals surface area contributed by atoms with Gasteiger partial charge in [-0.25, -0.2) is 13.1 Å². The van der Waals surface area contributed by atoms with Gasteiger partial charge in [-0.05, 0) is 31.5 Å². The van der Waals surface area contributed by atoms with E-state index >= 15 is 0 Å². The van der Waals surface area contributed by atoms with Gasteiger partial charge in [0.05, 0.1) is 54.0 Å². The summed E-state index contributed by atoms with van der Waals surface area (Å²) in [6.07, 6.45) is 17.8. The molecule has 8 nitrogen and oxygen atoms in total. The van der Waals surface area contributed by atoms with Crippen LogP contribution in [0.15, 0.2) is 24.4 Å². The van der Waals surface area contributed by atoms with Crippen LogP contribution in [-0.4, -0.2) is 35.6 Å². The largest absolute Gasteiger partial charge is 0.322 e. The molecule has 0 saturated heterocycles. The van der Waals surface area contributed by atoms with E-state index < -0.39 is 27.8 Å². The number of nitrogens with one attached hydrogen (secondary N) is 2. The van der Waals surface area contributed by atoms with Crippen molar-refractivity contribution in [1.29, 1.82) is 0 Å². The van der Waals surface area contributed by atoms with Crippen LogP contribution in [0.5, 0.6) is 0 Å². The van der Waals surface area contributed by atoms with Gasteiger partial charge in [0.25, 0.3) is 5.91 Å². The van der Waals surface area contributed by atoms with Crippen LogP contribution in [0.3, 0.4) is 0 Å². The number of carbonyl (C=O) groups excluding carboxylic acids is 2. The van der Waals surface area contributed by atoms with Gasteiger partial charge in [0.1, 0.15) is 0 Å². The molecule has 260 valence electrons. The van der Waals surface area contributed by atoms with Gasteiger partial charge in [0.2, 0.25) is 10.0 Å². The van der Waals surface area contributed by atoms with Crippen LogP contribution in [0.1, 0.15) is 110 Å². The molecular weight excluding hydrogens is 726 g/mol. The summed E-state index contributed by atoms with van der Waals surface area (Å²) in [7, 11) is -3.64. The molecular formula is C33H43Cl5N4O4S. The summed E-state index contributed by atoms with van der Waals surface area (Å²) >= 11 is 31.4. The van der Waals surface area contributed by atoms with E-state index in [1.165, 1.54) is 95.5 Å². The molecule has 0 aliphatic heterocycles. The zero-order valence-corrected chi connectivity index (χ0v) is 31.4. The number of hydrogen-bond acceptors (Lipinski definition) is 5. The second-order valence-electron chi connectivity index (χ2n) is 11.8. The van der Waals surface area contributed by atoms with Gasteiger partial charge in [0.15, 0.2) is 11.8 Å². The molecule has 1 amide bonds. The molecule has 0 spiro atoms. The molecule has 1 heterocycles. The molecule has 0 saturated carbocycles. The number of unbranched alkanes of at least 4 members (excludes halogenated alkanes) is 13. The molecule has 1 aromatic heterocycles. The van der Waals surface area contributed by atoms with Crippen LogP contribution in [0.25, 0.3) is 10.9 Å². The van der Waals surface area contributed by atoms with Crippen molar-refractivity contribution in [2.24, 2.45) is 0 Å². The summed E-state index contributed by atoms with van der Waals surface area (Å²) in [5.74, 6) is -1.37. The van der Waals surface area contributed by atoms with Crippen LogP contribution in [0.4, 0.5) is 11.4 Å². The highest BCUT2D eigenvalue weighted by Crippen LogP contribution is 2.43. The van der Waals surface area contributed by atoms with E-state index in [0.717, 1.165) is 23.9 Å². The lowest BCUT2D eigenvalue weighted by atomic mass is 10.0. The first-order chi connectivity index (χ1) is 22.4. The van der Waals surface area contributed by atoms with Crippen molar-refractivity contribution in [3.05, 3.63) is 49.5 Å². The first-order valence-corrected chi connectivity index (χ1v) is 19.7. The Labute approximate surface area is 303 Å². The SMILES string of the molecule is CCCCCCCCCCCCCCCCS(=O)(=O)Nc1ccc(Cl)c(NC(=O)C(C(C)=O)n2ncc3c(Cl)c(Cl)c(Cl)c(Cl)c32)c1. The Balaban J connectivity index is 1.52. The predicted molar refractivity (Wildman–Crippen MR) is 197 cm³/mol. The number of ketones is 1. The second-order valence-corrected chi connectivity index (χ2v) is 15.6. The van der Waals surface area contributed by atoms with Crippen LogP contribution >= 0.6 is 58.0 Å². The van der Waals surface area contributed by atoms with Gasteiger partial charge in [-0.2, -0.15) is 5.10 Å². The Morgan fingerprint density at radius 1 is 0.787 bits per heavy atom. The second kappa shape index (κ2) is 19.4. The van der Waals surface area contributed by atoms with Crippen LogP contribution in [-0.2, 0) is 19.6 Å². The van der Waals surface area contributed by atoms with Gasteiger partial charge >= 0.3 is 0 Å². The van der Waals surface area contributed by atoms with Crippen molar-refractivity contribution in [1.82, 2.24) is 9.78 Å². The van der Waals surface area contributed by atoms with Gasteiger partial charge < -0.3 is 5.32 Å². The highest BCUT2D eigenvalue weighted by atomic mass is 35.5. The Hall–Kier alpha value is -1.75. The van der Waals surface area contributed by atoms with Gasteiger partial charge in [-0.1, -0.05) is 148 Å². The maximum Gasteiger partial charge on any atom is 0.256 e. The summed E-state index contributed by atoms with van der Waals surface area (Å²) in [6, 6.07) is 2.86. The van der Waals surface area contributed by atoms with Crippen molar-refractivity contribution in [2.45, 2.75) is 110 Å². The van der Waals surface area contributed by atoms with E-state index in [0.29, 0.717) is 11.8 Å². The van der Waals surface area contributed by atoms with Crippen LogP contribution < -0.4 is 10.0 Å². The molecule has 0 aliphatic carbocycles. The van der Waals surface area contributed by atoms with Gasteiger partial charge in [0, 0.05) is 5.39 Å². The van der Waals surface area contributed by atoms with Crippen molar-refractivity contribution in [3.63, 3.8) is 0 Å². The van der Waals surface area contributed by atoms with E-state index in [9.17, 15) is 18.0 Å². The monoisotopic (exact) mass is 766 g/mol. The van der Waals surface area contributed by atoms with E-state index in [1.807, 2.05) is 0 Å². The maximum absolute atomic E-state index is 13.4. The molecule has 47 heavy (non-hydrogen) atoms. The number of hydrogen-bond donors (Lipinski definition) is 2. The average molecular weight is 769 g/mol. The average Bonchev–Trinajstić information content (AvgIpc) is 3.45. The first-order valence-electron chi connectivity index (χ1n) is 16.2. The number of fused-ring (bicyclic) bond motifs is 1. The smallest absolute Gasteiger partial charge is 0.256 e. The number of Topliss-reactive ketones (excluding diaryl/α,β-unsaturated/α-hetero) is 1. The molecule has 0 radical (unpaired) electrons. The molecule has 2 N–H and O–H groups in total. The third kappa shape index (κ3) is 11.7. The Kier molecular flexibility index (Phi) is 16.4. The number of amides is 1. The van der Waals surface area contributed by atoms with E-state index in [2.05, 4.69) is 22.1 Å². The van der Waals surface area contributed by atoms with Crippen molar-refractivity contribution < 1.29 is 18.0 Å². The molecule has 1 unspecified atom stereocenters. The lowest BCUT2D eigenvalue weighted by Crippen LogP contribution is -2.32. The van der Waals surface area contributed by atoms with Crippen LogP contribution in [0.2, 0.25) is 25.1 Å². The molecule has 0 bridgehead atoms. The van der Waals surface area contributed by atoms with Crippen molar-refractivity contribution in [3.8, 4) is 0 Å². The topological polar surface area (TPSA) is 110 Å². The van der Waals surface area contributed by atoms with E-state index in [4.69, 9.17) is 58.0 Å². The lowest BCUT2D eigenvalue weighted by Gasteiger charge is -2.18. The van der Waals surface area contributed by atoms with Crippen molar-refractivity contribution in [2.75, 3.05) is 15.8 Å². The molecule has 1 atom stereocenters. The zero-order chi connectivity index (χ0) is 34.6. The summed E-state index contributed by atoms with van der Waals surface area (Å²) < 4.78 is 29.3. The quantitative estimate of drug-likeness (QED) is 0.0485. The molecule has 0 aliphatic rings. The fraction of sp³-hybridized carbons (Fsp3) is 0.545. The lowest BCUT2D eigenvalue weighted by molar-refractivity contribution is -0.129. The van der Waals surface area contributed by atoms with Crippen LogP contribution in [0, 0.1) is 0 Å². The summed E-state index contributed by atoms with van der Waals surface area (Å²) in [5, 5.41) is 7.23. The normalized spacial score (nSPS) is 12.4. The van der Waals surface area contributed by atoms with Gasteiger partial charge in [-0.3, -0.25) is 14.3 Å². The number of rotatable bonds is 21. The number of sulfonamides is 1. The molecule has 0 fully saturated rings. The van der Waals surface area contributed by atoms with Crippen molar-refractivity contribution >= 4 is 102 Å². The molecule has 3 aromatic rings. The third-order valence-electron chi connectivity index (χ3n) is 7.96. The van der Waals surface area contributed by atoms with Gasteiger partial charge in [-0.15, -0.1) is 0 Å². The fourth-order valence-corrected chi connectivity index (χ4v) is 7.75. The molecule has 14 heteroatoms. The van der Waals surface area contributed by atoms with E-state index in [1.54, 1.807) is 0 Å². The highest BCUT2D eigenvalue weighted by Gasteiger charge is 2.31. The third-order valence-corrected chi connectivity index (χ3v) is 11.5. The Morgan fingerprint density at radius 2 is 1.32 bits per heavy atom. The van der Waals surface area contributed by atoms with E-state index in [-0.39, 0.29) is 47.8 Å². The number of carbonyl (C=O) groups is 2. The minimum atomic E-state index is -3.64. The number of anilines is 2. The highest BCUT2D eigenvalue weighted by molar-refractivity contribution is 7.92. The maximum atomic E-state index is 13.4. The first kappa shape index (κ1) is 39.7. The summed E-state index contributed by atoms with van der Waals surface area (Å²) in [5.41, 5.74) is 0.467. The number of nitrogens with zero attached hydrogens (tertiary/aromatic N) is 2. The standard InChI is InChI=1S/C33H43Cl5N4O4S/c1-3-4-5-6-7-8-9-10-11-12-13-14-15-16-19-47(45,46)41-23-17-18-25(34)26(20-23)40-33(44)31(22(2)43)42-32-24(21-39-42)27(35)28(36)29(37)30(32)38/h17-18,20-21,31,41H,3-16,19H2,1-2H3,(H,40,44). The number of halogens is 5. The molecule has 2 aromatic carbocycles. The fourth-order valence-electron chi connectivity index (χ4n) is 5.42. The number of aromatic nitrogens is 2. The molecule has 3 rings (SSSR count). The minimum absolute atomic E-state index is 0.0182. The predicted octanol–water partition coefficient (Wildman–Crippen LogP) is 11.3. The summed E-state index contributed by atoms with van der Waals surface area (Å²) in [6.45, 7) is 3.45. The Bertz CT molecular complexity index is 1630. The Morgan fingerprint density at radius 3 is 1.87 bits per heavy atom. The zero-order valence-electron chi connectivity index (χ0n) is 26.8. The minimum Gasteiger partial charge on any atom is -0.322 e. The number of benzene rings is 2. The summed E-state index contributed by atoms with van der Waals surface area (Å²) in [4.78, 5) is 26.1.